The lowest BCUT2D eigenvalue weighted by atomic mass is 9.82. The van der Waals surface area contributed by atoms with E-state index in [-0.39, 0.29) is 13.2 Å². The summed E-state index contributed by atoms with van der Waals surface area (Å²) in [5, 5.41) is 26.9. The number of aromatic nitrogens is 3. The average molecular weight is 333 g/mol. The van der Waals surface area contributed by atoms with Gasteiger partial charge in [-0.15, -0.1) is 5.10 Å². The summed E-state index contributed by atoms with van der Waals surface area (Å²) in [6.07, 6.45) is 1.03. The van der Waals surface area contributed by atoms with Gasteiger partial charge >= 0.3 is 5.97 Å². The number of rotatable bonds is 7. The van der Waals surface area contributed by atoms with Gasteiger partial charge in [-0.2, -0.15) is 0 Å². The molecule has 24 heavy (non-hydrogen) atoms. The maximum atomic E-state index is 11.7. The average Bonchev–Trinajstić information content (AvgIpc) is 2.94. The Morgan fingerprint density at radius 1 is 1.42 bits per heavy atom. The first-order valence-electron chi connectivity index (χ1n) is 7.66. The highest BCUT2D eigenvalue weighted by atomic mass is 16.5. The van der Waals surface area contributed by atoms with E-state index in [1.165, 1.54) is 0 Å². The second-order valence-electron chi connectivity index (χ2n) is 6.45. The van der Waals surface area contributed by atoms with E-state index in [0.717, 1.165) is 11.1 Å². The SMILES string of the molecule is Cc1ccc(C(OCc2cn(C)nn2)C(C)(C)C(=O)O)cc1CO. The first kappa shape index (κ1) is 18.1. The third kappa shape index (κ3) is 3.80. The van der Waals surface area contributed by atoms with Crippen molar-refractivity contribution in [3.63, 3.8) is 0 Å². The van der Waals surface area contributed by atoms with Gasteiger partial charge in [0.2, 0.25) is 0 Å². The molecule has 0 radical (unpaired) electrons. The molecule has 2 aromatic rings. The van der Waals surface area contributed by atoms with Crippen LogP contribution in [-0.2, 0) is 29.8 Å². The summed E-state index contributed by atoms with van der Waals surface area (Å²) in [6.45, 7) is 5.18. The Bertz CT molecular complexity index is 724. The van der Waals surface area contributed by atoms with E-state index in [4.69, 9.17) is 4.74 Å². The molecule has 0 saturated heterocycles. The first-order valence-corrected chi connectivity index (χ1v) is 7.66. The fraction of sp³-hybridized carbons (Fsp3) is 0.471. The van der Waals surface area contributed by atoms with Crippen LogP contribution in [0.2, 0.25) is 0 Å². The van der Waals surface area contributed by atoms with Crippen molar-refractivity contribution < 1.29 is 19.7 Å². The van der Waals surface area contributed by atoms with Crippen LogP contribution in [-0.4, -0.2) is 31.2 Å². The molecule has 130 valence electrons. The number of aryl methyl sites for hydroxylation is 2. The number of nitrogens with zero attached hydrogens (tertiary/aromatic N) is 3. The molecule has 0 aliphatic rings. The Morgan fingerprint density at radius 2 is 2.12 bits per heavy atom. The predicted molar refractivity (Wildman–Crippen MR) is 87.1 cm³/mol. The number of hydrogen-bond acceptors (Lipinski definition) is 5. The molecule has 7 nitrogen and oxygen atoms in total. The molecule has 2 N–H and O–H groups in total. The number of carbonyl (C=O) groups is 1. The van der Waals surface area contributed by atoms with Gasteiger partial charge in [-0.05, 0) is 37.5 Å². The molecule has 2 rings (SSSR count). The highest BCUT2D eigenvalue weighted by molar-refractivity contribution is 5.74. The van der Waals surface area contributed by atoms with Crippen molar-refractivity contribution in [2.24, 2.45) is 12.5 Å². The molecule has 1 aromatic carbocycles. The number of hydrogen-bond donors (Lipinski definition) is 2. The van der Waals surface area contributed by atoms with Gasteiger partial charge in [-0.25, -0.2) is 0 Å². The molecule has 0 fully saturated rings. The minimum absolute atomic E-state index is 0.107. The van der Waals surface area contributed by atoms with Crippen molar-refractivity contribution >= 4 is 5.97 Å². The Labute approximate surface area is 140 Å². The predicted octanol–water partition coefficient (Wildman–Crippen LogP) is 1.98. The van der Waals surface area contributed by atoms with Crippen molar-refractivity contribution in [1.29, 1.82) is 0 Å². The monoisotopic (exact) mass is 333 g/mol. The highest BCUT2D eigenvalue weighted by Gasteiger charge is 2.39. The molecular weight excluding hydrogens is 310 g/mol. The molecule has 1 aromatic heterocycles. The summed E-state index contributed by atoms with van der Waals surface area (Å²) in [5.74, 6) is -0.960. The second-order valence-corrected chi connectivity index (χ2v) is 6.45. The fourth-order valence-corrected chi connectivity index (χ4v) is 2.49. The summed E-state index contributed by atoms with van der Waals surface area (Å²) in [7, 11) is 1.75. The summed E-state index contributed by atoms with van der Waals surface area (Å²) < 4.78 is 7.48. The zero-order chi connectivity index (χ0) is 17.9. The van der Waals surface area contributed by atoms with Gasteiger partial charge < -0.3 is 14.9 Å². The van der Waals surface area contributed by atoms with Crippen LogP contribution in [0.5, 0.6) is 0 Å². The van der Waals surface area contributed by atoms with E-state index in [2.05, 4.69) is 10.3 Å². The smallest absolute Gasteiger partial charge is 0.312 e. The molecule has 7 heteroatoms. The molecule has 0 saturated carbocycles. The zero-order valence-corrected chi connectivity index (χ0v) is 14.4. The molecule has 0 aliphatic carbocycles. The van der Waals surface area contributed by atoms with Gasteiger partial charge in [0.15, 0.2) is 0 Å². The lowest BCUT2D eigenvalue weighted by molar-refractivity contribution is -0.158. The van der Waals surface area contributed by atoms with Gasteiger partial charge in [-0.3, -0.25) is 9.48 Å². The van der Waals surface area contributed by atoms with E-state index in [9.17, 15) is 15.0 Å². The maximum absolute atomic E-state index is 11.7. The van der Waals surface area contributed by atoms with Crippen molar-refractivity contribution in [1.82, 2.24) is 15.0 Å². The van der Waals surface area contributed by atoms with Crippen molar-refractivity contribution in [3.8, 4) is 0 Å². The second kappa shape index (κ2) is 7.11. The van der Waals surface area contributed by atoms with E-state index in [1.807, 2.05) is 19.1 Å². The number of ether oxygens (including phenoxy) is 1. The Hall–Kier alpha value is -2.25. The third-order valence-corrected chi connectivity index (χ3v) is 4.10. The number of aliphatic carboxylic acids is 1. The van der Waals surface area contributed by atoms with Gasteiger partial charge in [-0.1, -0.05) is 23.4 Å². The number of aliphatic hydroxyl groups is 1. The quantitative estimate of drug-likeness (QED) is 0.804. The number of carboxylic acid groups (broad SMARTS) is 1. The Balaban J connectivity index is 2.33. The van der Waals surface area contributed by atoms with Crippen molar-refractivity contribution in [3.05, 3.63) is 46.8 Å². The standard InChI is InChI=1S/C17H23N3O4/c1-11-5-6-12(7-13(11)9-21)15(17(2,3)16(22)23)24-10-14-8-20(4)19-18-14/h5-8,15,21H,9-10H2,1-4H3,(H,22,23). The van der Waals surface area contributed by atoms with Gasteiger partial charge in [0.25, 0.3) is 0 Å². The largest absolute Gasteiger partial charge is 0.481 e. The van der Waals surface area contributed by atoms with Crippen molar-refractivity contribution in [2.75, 3.05) is 0 Å². The minimum Gasteiger partial charge on any atom is -0.481 e. The summed E-state index contributed by atoms with van der Waals surface area (Å²) in [6, 6.07) is 5.49. The molecule has 0 spiro atoms. The summed E-state index contributed by atoms with van der Waals surface area (Å²) in [4.78, 5) is 11.7. The van der Waals surface area contributed by atoms with Gasteiger partial charge in [0.05, 0.1) is 30.9 Å². The Morgan fingerprint density at radius 3 is 2.67 bits per heavy atom. The van der Waals surface area contributed by atoms with E-state index >= 15 is 0 Å². The van der Waals surface area contributed by atoms with Crippen LogP contribution in [0.1, 0.15) is 42.3 Å². The van der Waals surface area contributed by atoms with Crippen LogP contribution in [0.3, 0.4) is 0 Å². The highest BCUT2D eigenvalue weighted by Crippen LogP contribution is 2.38. The minimum atomic E-state index is -1.15. The van der Waals surface area contributed by atoms with Crippen LogP contribution in [0.25, 0.3) is 0 Å². The summed E-state index contributed by atoms with van der Waals surface area (Å²) >= 11 is 0. The van der Waals surface area contributed by atoms with Crippen LogP contribution < -0.4 is 0 Å². The lowest BCUT2D eigenvalue weighted by Gasteiger charge is -2.31. The first-order chi connectivity index (χ1) is 11.3. The zero-order valence-electron chi connectivity index (χ0n) is 14.4. The van der Waals surface area contributed by atoms with E-state index < -0.39 is 17.5 Å². The molecular formula is C17H23N3O4. The molecule has 0 bridgehead atoms. The molecule has 1 heterocycles. The van der Waals surface area contributed by atoms with Crippen LogP contribution in [0, 0.1) is 12.3 Å². The third-order valence-electron chi connectivity index (χ3n) is 4.10. The normalized spacial score (nSPS) is 13.0. The maximum Gasteiger partial charge on any atom is 0.312 e. The fourth-order valence-electron chi connectivity index (χ4n) is 2.49. The Kier molecular flexibility index (Phi) is 5.36. The van der Waals surface area contributed by atoms with E-state index in [0.29, 0.717) is 11.3 Å². The molecule has 0 aliphatic heterocycles. The molecule has 1 atom stereocenters. The topological polar surface area (TPSA) is 97.5 Å². The van der Waals surface area contributed by atoms with E-state index in [1.54, 1.807) is 37.8 Å². The number of carboxylic acids is 1. The number of aliphatic hydroxyl groups excluding tert-OH is 1. The van der Waals surface area contributed by atoms with Gasteiger partial charge in [0.1, 0.15) is 5.69 Å². The van der Waals surface area contributed by atoms with Crippen LogP contribution >= 0.6 is 0 Å². The van der Waals surface area contributed by atoms with Crippen molar-refractivity contribution in [2.45, 2.75) is 40.1 Å². The molecule has 1 unspecified atom stereocenters. The molecule has 0 amide bonds. The van der Waals surface area contributed by atoms with Crippen LogP contribution in [0.15, 0.2) is 24.4 Å². The van der Waals surface area contributed by atoms with Crippen LogP contribution in [0.4, 0.5) is 0 Å². The summed E-state index contributed by atoms with van der Waals surface area (Å²) in [5.41, 5.74) is 1.88. The lowest BCUT2D eigenvalue weighted by Crippen LogP contribution is -2.33. The van der Waals surface area contributed by atoms with Gasteiger partial charge in [0, 0.05) is 7.05 Å². The number of benzene rings is 1.